The van der Waals surface area contributed by atoms with Crippen molar-refractivity contribution in [3.05, 3.63) is 101 Å². The average Bonchev–Trinajstić information content (AvgIpc) is 3.17. The quantitative estimate of drug-likeness (QED) is 0.374. The Kier molecular flexibility index (Phi) is 7.44. The number of aromatic nitrogens is 2. The number of benzene rings is 3. The minimum absolute atomic E-state index is 0.00532. The van der Waals surface area contributed by atoms with Gasteiger partial charge in [0.1, 0.15) is 23.6 Å². The largest absolute Gasteiger partial charge is 0.396 e. The first-order valence-electron chi connectivity index (χ1n) is 10.9. The number of ether oxygens (including phenoxy) is 1. The summed E-state index contributed by atoms with van der Waals surface area (Å²) in [6.07, 6.45) is -0.271. The summed E-state index contributed by atoms with van der Waals surface area (Å²) in [6, 6.07) is 19.5. The Labute approximate surface area is 190 Å². The lowest BCUT2D eigenvalue weighted by Gasteiger charge is -2.22. The van der Waals surface area contributed by atoms with Crippen molar-refractivity contribution < 1.29 is 23.7 Å². The molecular weight excluding hydrogens is 426 g/mol. The number of halogens is 2. The van der Waals surface area contributed by atoms with E-state index >= 15 is 0 Å². The molecule has 4 aromatic rings. The number of aliphatic hydroxyl groups excluding tert-OH is 2. The monoisotopic (exact) mass is 452 g/mol. The molecule has 172 valence electrons. The van der Waals surface area contributed by atoms with E-state index in [0.29, 0.717) is 24.0 Å². The lowest BCUT2D eigenvalue weighted by atomic mass is 10.0. The van der Waals surface area contributed by atoms with Crippen LogP contribution in [-0.4, -0.2) is 39.1 Å². The van der Waals surface area contributed by atoms with E-state index in [2.05, 4.69) is 4.98 Å². The van der Waals surface area contributed by atoms with Crippen molar-refractivity contribution in [1.82, 2.24) is 9.55 Å². The summed E-state index contributed by atoms with van der Waals surface area (Å²) >= 11 is 0. The van der Waals surface area contributed by atoms with Crippen LogP contribution in [0.25, 0.3) is 11.0 Å². The maximum absolute atomic E-state index is 13.4. The van der Waals surface area contributed by atoms with Crippen LogP contribution < -0.4 is 0 Å². The molecule has 0 spiro atoms. The molecule has 0 amide bonds. The fourth-order valence-electron chi connectivity index (χ4n) is 3.89. The highest BCUT2D eigenvalue weighted by atomic mass is 19.1. The standard InChI is InChI=1S/C26H26F2N2O3/c27-20-11-7-18(8-12-20)26(19-9-13-21(28)14-10-19)33-17-22(32)16-30-24-5-2-1-4-23(24)29-25(30)6-3-15-31/h1-2,4-5,7-14,22,26,31-32H,3,6,15-17H2/t22-/m0/s1. The van der Waals surface area contributed by atoms with Gasteiger partial charge in [-0.15, -0.1) is 0 Å². The molecule has 0 aliphatic rings. The van der Waals surface area contributed by atoms with Crippen LogP contribution in [0, 0.1) is 11.6 Å². The molecule has 0 fully saturated rings. The van der Waals surface area contributed by atoms with Gasteiger partial charge >= 0.3 is 0 Å². The fraction of sp³-hybridized carbons (Fsp3) is 0.269. The van der Waals surface area contributed by atoms with E-state index in [4.69, 9.17) is 4.74 Å². The Balaban J connectivity index is 1.52. The van der Waals surface area contributed by atoms with Crippen LogP contribution in [0.15, 0.2) is 72.8 Å². The highest BCUT2D eigenvalue weighted by Gasteiger charge is 2.19. The average molecular weight is 453 g/mol. The van der Waals surface area contributed by atoms with Crippen LogP contribution in [-0.2, 0) is 17.7 Å². The molecule has 2 N–H and O–H groups in total. The Hall–Kier alpha value is -3.13. The summed E-state index contributed by atoms with van der Waals surface area (Å²) in [6.45, 7) is 0.331. The fourth-order valence-corrected chi connectivity index (χ4v) is 3.89. The third-order valence-corrected chi connectivity index (χ3v) is 5.49. The molecule has 3 aromatic carbocycles. The molecule has 7 heteroatoms. The highest BCUT2D eigenvalue weighted by Crippen LogP contribution is 2.27. The Morgan fingerprint density at radius 3 is 2.09 bits per heavy atom. The van der Waals surface area contributed by atoms with Gasteiger partial charge in [0, 0.05) is 13.0 Å². The molecule has 4 rings (SSSR count). The molecular formula is C26H26F2N2O3. The van der Waals surface area contributed by atoms with Gasteiger partial charge in [-0.25, -0.2) is 13.8 Å². The molecule has 0 saturated carbocycles. The maximum atomic E-state index is 13.4. The predicted octanol–water partition coefficient (Wildman–Crippen LogP) is 4.41. The van der Waals surface area contributed by atoms with Crippen molar-refractivity contribution in [2.45, 2.75) is 31.6 Å². The predicted molar refractivity (Wildman–Crippen MR) is 122 cm³/mol. The summed E-state index contributed by atoms with van der Waals surface area (Å²) in [5.41, 5.74) is 3.13. The minimum Gasteiger partial charge on any atom is -0.396 e. The number of aliphatic hydroxyl groups is 2. The van der Waals surface area contributed by atoms with Crippen LogP contribution in [0.2, 0.25) is 0 Å². The van der Waals surface area contributed by atoms with Crippen molar-refractivity contribution in [3.8, 4) is 0 Å². The van der Waals surface area contributed by atoms with E-state index in [9.17, 15) is 19.0 Å². The molecule has 0 aliphatic heterocycles. The number of fused-ring (bicyclic) bond motifs is 1. The third-order valence-electron chi connectivity index (χ3n) is 5.49. The van der Waals surface area contributed by atoms with Gasteiger partial charge in [0.25, 0.3) is 0 Å². The van der Waals surface area contributed by atoms with E-state index in [-0.39, 0.29) is 31.4 Å². The van der Waals surface area contributed by atoms with Crippen LogP contribution in [0.3, 0.4) is 0 Å². The summed E-state index contributed by atoms with van der Waals surface area (Å²) in [5.74, 6) is 0.0657. The van der Waals surface area contributed by atoms with Gasteiger partial charge in [0.15, 0.2) is 0 Å². The van der Waals surface area contributed by atoms with Gasteiger partial charge in [-0.05, 0) is 53.9 Å². The summed E-state index contributed by atoms with van der Waals surface area (Å²) < 4.78 is 34.9. The summed E-state index contributed by atoms with van der Waals surface area (Å²) in [5, 5.41) is 20.0. The molecule has 0 bridgehead atoms. The molecule has 0 radical (unpaired) electrons. The van der Waals surface area contributed by atoms with Gasteiger partial charge in [-0.1, -0.05) is 36.4 Å². The van der Waals surface area contributed by atoms with Crippen molar-refractivity contribution in [1.29, 1.82) is 0 Å². The van der Waals surface area contributed by atoms with Crippen molar-refractivity contribution in [2.75, 3.05) is 13.2 Å². The van der Waals surface area contributed by atoms with Crippen LogP contribution in [0.1, 0.15) is 29.5 Å². The lowest BCUT2D eigenvalue weighted by Crippen LogP contribution is -2.24. The van der Waals surface area contributed by atoms with Gasteiger partial charge in [-0.2, -0.15) is 0 Å². The number of para-hydroxylation sites is 2. The second kappa shape index (κ2) is 10.7. The van der Waals surface area contributed by atoms with E-state index in [1.165, 1.54) is 24.3 Å². The first-order chi connectivity index (χ1) is 16.0. The van der Waals surface area contributed by atoms with Gasteiger partial charge < -0.3 is 19.5 Å². The normalized spacial score (nSPS) is 12.5. The molecule has 0 aliphatic carbocycles. The number of hydrogen-bond donors (Lipinski definition) is 2. The smallest absolute Gasteiger partial charge is 0.123 e. The van der Waals surface area contributed by atoms with E-state index in [1.54, 1.807) is 24.3 Å². The van der Waals surface area contributed by atoms with E-state index in [1.807, 2.05) is 28.8 Å². The first kappa shape index (κ1) is 23.0. The SMILES string of the molecule is OCCCc1nc2ccccc2n1C[C@H](O)COC(c1ccc(F)cc1)c1ccc(F)cc1. The number of hydrogen-bond acceptors (Lipinski definition) is 4. The Morgan fingerprint density at radius 1 is 0.879 bits per heavy atom. The molecule has 33 heavy (non-hydrogen) atoms. The molecule has 1 aromatic heterocycles. The van der Waals surface area contributed by atoms with Gasteiger partial charge in [0.2, 0.25) is 0 Å². The lowest BCUT2D eigenvalue weighted by molar-refractivity contribution is -0.000488. The molecule has 1 heterocycles. The van der Waals surface area contributed by atoms with E-state index < -0.39 is 12.2 Å². The van der Waals surface area contributed by atoms with Crippen molar-refractivity contribution in [2.24, 2.45) is 0 Å². The number of rotatable bonds is 10. The Bertz CT molecular complexity index is 1130. The second-order valence-electron chi connectivity index (χ2n) is 7.92. The minimum atomic E-state index is -0.848. The maximum Gasteiger partial charge on any atom is 0.123 e. The molecule has 0 unspecified atom stereocenters. The van der Waals surface area contributed by atoms with Crippen molar-refractivity contribution in [3.63, 3.8) is 0 Å². The van der Waals surface area contributed by atoms with Crippen LogP contribution in [0.4, 0.5) is 8.78 Å². The van der Waals surface area contributed by atoms with Crippen LogP contribution >= 0.6 is 0 Å². The summed E-state index contributed by atoms with van der Waals surface area (Å²) in [4.78, 5) is 4.64. The number of imidazole rings is 1. The summed E-state index contributed by atoms with van der Waals surface area (Å²) in [7, 11) is 0. The van der Waals surface area contributed by atoms with Gasteiger partial charge in [0.05, 0.1) is 30.3 Å². The zero-order chi connectivity index (χ0) is 23.2. The third kappa shape index (κ3) is 5.63. The molecule has 5 nitrogen and oxygen atoms in total. The second-order valence-corrected chi connectivity index (χ2v) is 7.92. The molecule has 0 saturated heterocycles. The topological polar surface area (TPSA) is 67.5 Å². The first-order valence-corrected chi connectivity index (χ1v) is 10.9. The zero-order valence-corrected chi connectivity index (χ0v) is 18.1. The van der Waals surface area contributed by atoms with Crippen molar-refractivity contribution >= 4 is 11.0 Å². The van der Waals surface area contributed by atoms with Gasteiger partial charge in [-0.3, -0.25) is 0 Å². The zero-order valence-electron chi connectivity index (χ0n) is 18.1. The molecule has 1 atom stereocenters. The highest BCUT2D eigenvalue weighted by molar-refractivity contribution is 5.75. The number of nitrogens with zero attached hydrogens (tertiary/aromatic N) is 2. The Morgan fingerprint density at radius 2 is 1.48 bits per heavy atom. The van der Waals surface area contributed by atoms with Crippen LogP contribution in [0.5, 0.6) is 0 Å². The number of aryl methyl sites for hydroxylation is 1. The van der Waals surface area contributed by atoms with E-state index in [0.717, 1.165) is 16.9 Å².